The molecule has 4 N–H and O–H groups in total. The smallest absolute Gasteiger partial charge is 0.235 e. The molecular weight excluding hydrogens is 208 g/mol. The van der Waals surface area contributed by atoms with Crippen molar-refractivity contribution in [1.82, 2.24) is 0 Å². The van der Waals surface area contributed by atoms with E-state index in [9.17, 15) is 9.59 Å². The van der Waals surface area contributed by atoms with E-state index >= 15 is 0 Å². The molecule has 0 bridgehead atoms. The molecule has 16 heavy (non-hydrogen) atoms. The van der Waals surface area contributed by atoms with Gasteiger partial charge in [-0.25, -0.2) is 0 Å². The van der Waals surface area contributed by atoms with Crippen LogP contribution in [0.1, 0.15) is 20.3 Å². The highest BCUT2D eigenvalue weighted by atomic mass is 16.1. The van der Waals surface area contributed by atoms with E-state index in [0.29, 0.717) is 0 Å². The van der Waals surface area contributed by atoms with E-state index in [1.165, 1.54) is 6.92 Å². The van der Waals surface area contributed by atoms with E-state index in [4.69, 9.17) is 22.0 Å². The molecule has 0 heterocycles. The summed E-state index contributed by atoms with van der Waals surface area (Å²) in [4.78, 5) is 22.2. The Morgan fingerprint density at radius 1 is 1.19 bits per heavy atom. The average Bonchev–Trinajstić information content (AvgIpc) is 2.18. The lowest BCUT2D eigenvalue weighted by molar-refractivity contribution is -0.129. The Labute approximate surface area is 93.8 Å². The molecule has 0 saturated carbocycles. The second kappa shape index (κ2) is 5.13. The molecule has 3 atom stereocenters. The first kappa shape index (κ1) is 13.9. The van der Waals surface area contributed by atoms with Crippen molar-refractivity contribution >= 4 is 11.8 Å². The number of amides is 2. The monoisotopic (exact) mass is 222 g/mol. The quantitative estimate of drug-likeness (QED) is 0.657. The molecular formula is C10H14N4O2. The van der Waals surface area contributed by atoms with Crippen molar-refractivity contribution in [2.24, 2.45) is 28.7 Å². The molecule has 0 spiro atoms. The van der Waals surface area contributed by atoms with Gasteiger partial charge in [-0.1, -0.05) is 13.8 Å². The fourth-order valence-corrected chi connectivity index (χ4v) is 1.65. The van der Waals surface area contributed by atoms with Gasteiger partial charge in [0.25, 0.3) is 0 Å². The van der Waals surface area contributed by atoms with Crippen LogP contribution in [0.15, 0.2) is 0 Å². The average molecular weight is 222 g/mol. The third kappa shape index (κ3) is 2.29. The van der Waals surface area contributed by atoms with Gasteiger partial charge in [0, 0.05) is 5.41 Å². The number of primary amides is 2. The summed E-state index contributed by atoms with van der Waals surface area (Å²) in [5.74, 6) is -4.13. The molecule has 0 radical (unpaired) electrons. The minimum atomic E-state index is -1.21. The summed E-state index contributed by atoms with van der Waals surface area (Å²) < 4.78 is 0. The van der Waals surface area contributed by atoms with Crippen LogP contribution in [-0.4, -0.2) is 11.8 Å². The van der Waals surface area contributed by atoms with Crippen molar-refractivity contribution in [2.75, 3.05) is 0 Å². The van der Waals surface area contributed by atoms with Gasteiger partial charge < -0.3 is 11.5 Å². The Morgan fingerprint density at radius 2 is 1.50 bits per heavy atom. The molecule has 0 aromatic rings. The van der Waals surface area contributed by atoms with Crippen LogP contribution in [0.25, 0.3) is 0 Å². The van der Waals surface area contributed by atoms with Gasteiger partial charge in [0.1, 0.15) is 11.8 Å². The molecule has 6 heteroatoms. The third-order valence-electron chi connectivity index (χ3n) is 2.91. The Kier molecular flexibility index (Phi) is 4.46. The summed E-state index contributed by atoms with van der Waals surface area (Å²) in [7, 11) is 0. The van der Waals surface area contributed by atoms with Gasteiger partial charge in [0.15, 0.2) is 0 Å². The first-order chi connectivity index (χ1) is 7.34. The molecule has 0 rings (SSSR count). The lowest BCUT2D eigenvalue weighted by atomic mass is 9.66. The van der Waals surface area contributed by atoms with Gasteiger partial charge in [-0.2, -0.15) is 10.5 Å². The number of nitrogens with zero attached hydrogens (tertiary/aromatic N) is 2. The highest BCUT2D eigenvalue weighted by molar-refractivity contribution is 5.84. The lowest BCUT2D eigenvalue weighted by Crippen LogP contribution is -2.45. The first-order valence-corrected chi connectivity index (χ1v) is 4.73. The topological polar surface area (TPSA) is 134 Å². The predicted molar refractivity (Wildman–Crippen MR) is 55.0 cm³/mol. The van der Waals surface area contributed by atoms with Gasteiger partial charge in [0.05, 0.1) is 12.1 Å². The van der Waals surface area contributed by atoms with Gasteiger partial charge in [-0.3, -0.25) is 9.59 Å². The summed E-state index contributed by atoms with van der Waals surface area (Å²) in [5, 5.41) is 17.8. The number of nitrogens with two attached hydrogens (primary N) is 2. The van der Waals surface area contributed by atoms with Crippen molar-refractivity contribution in [2.45, 2.75) is 20.3 Å². The van der Waals surface area contributed by atoms with Gasteiger partial charge in [-0.05, 0) is 6.42 Å². The number of rotatable bonds is 5. The molecule has 0 aromatic heterocycles. The largest absolute Gasteiger partial charge is 0.369 e. The van der Waals surface area contributed by atoms with Crippen LogP contribution in [0.4, 0.5) is 0 Å². The van der Waals surface area contributed by atoms with E-state index in [1.54, 1.807) is 19.1 Å². The maximum absolute atomic E-state index is 11.1. The molecule has 6 nitrogen and oxygen atoms in total. The zero-order valence-corrected chi connectivity index (χ0v) is 9.23. The molecule has 1 unspecified atom stereocenters. The van der Waals surface area contributed by atoms with E-state index in [2.05, 4.69) is 0 Å². The molecule has 2 amide bonds. The SMILES string of the molecule is CCC(C)([C@H](C#N)C(N)=O)[C@@H](C#N)C(N)=O. The molecule has 0 aliphatic heterocycles. The van der Waals surface area contributed by atoms with Crippen molar-refractivity contribution in [3.05, 3.63) is 0 Å². The maximum atomic E-state index is 11.1. The summed E-state index contributed by atoms with van der Waals surface area (Å²) in [6.07, 6.45) is 0.273. The van der Waals surface area contributed by atoms with Crippen LogP contribution in [0.3, 0.4) is 0 Å². The standard InChI is InChI=1S/C10H14N4O2/c1-3-10(2,6(4-11)8(13)15)7(5-12)9(14)16/h6-7H,3H2,1-2H3,(H2,13,15)(H2,14,16)/t6-,7+,10?. The number of hydrogen-bond donors (Lipinski definition) is 2. The number of carbonyl (C=O) groups excluding carboxylic acids is 2. The van der Waals surface area contributed by atoms with Crippen LogP contribution in [0, 0.1) is 39.9 Å². The second-order valence-electron chi connectivity index (χ2n) is 3.79. The summed E-state index contributed by atoms with van der Waals surface area (Å²) in [6, 6.07) is 3.46. The van der Waals surface area contributed by atoms with Gasteiger partial charge in [-0.15, -0.1) is 0 Å². The van der Waals surface area contributed by atoms with Crippen LogP contribution in [0.2, 0.25) is 0 Å². The van der Waals surface area contributed by atoms with Crippen molar-refractivity contribution < 1.29 is 9.59 Å². The minimum absolute atomic E-state index is 0.273. The molecule has 0 fully saturated rings. The minimum Gasteiger partial charge on any atom is -0.369 e. The summed E-state index contributed by atoms with van der Waals surface area (Å²) >= 11 is 0. The zero-order valence-electron chi connectivity index (χ0n) is 9.23. The van der Waals surface area contributed by atoms with E-state index in [-0.39, 0.29) is 6.42 Å². The molecule has 0 aliphatic carbocycles. The van der Waals surface area contributed by atoms with Crippen LogP contribution >= 0.6 is 0 Å². The normalized spacial score (nSPS) is 17.2. The van der Waals surface area contributed by atoms with E-state index < -0.39 is 29.1 Å². The Hall–Kier alpha value is -2.08. The third-order valence-corrected chi connectivity index (χ3v) is 2.91. The Morgan fingerprint density at radius 3 is 1.62 bits per heavy atom. The summed E-state index contributed by atoms with van der Waals surface area (Å²) in [5.41, 5.74) is 9.01. The van der Waals surface area contributed by atoms with Crippen molar-refractivity contribution in [3.8, 4) is 12.1 Å². The number of hydrogen-bond acceptors (Lipinski definition) is 4. The molecule has 0 aromatic carbocycles. The predicted octanol–water partition coefficient (Wildman–Crippen LogP) is -0.347. The zero-order chi connectivity index (χ0) is 12.9. The number of carbonyl (C=O) groups is 2. The lowest BCUT2D eigenvalue weighted by Gasteiger charge is -2.33. The highest BCUT2D eigenvalue weighted by Gasteiger charge is 2.46. The fourth-order valence-electron chi connectivity index (χ4n) is 1.65. The van der Waals surface area contributed by atoms with Crippen LogP contribution in [0.5, 0.6) is 0 Å². The molecule has 0 aliphatic rings. The van der Waals surface area contributed by atoms with Gasteiger partial charge in [0.2, 0.25) is 11.8 Å². The highest BCUT2D eigenvalue weighted by Crippen LogP contribution is 2.38. The van der Waals surface area contributed by atoms with Crippen LogP contribution < -0.4 is 11.5 Å². The Bertz CT molecular complexity index is 345. The van der Waals surface area contributed by atoms with Crippen LogP contribution in [-0.2, 0) is 9.59 Å². The van der Waals surface area contributed by atoms with Gasteiger partial charge >= 0.3 is 0 Å². The number of nitriles is 2. The van der Waals surface area contributed by atoms with E-state index in [0.717, 1.165) is 0 Å². The second-order valence-corrected chi connectivity index (χ2v) is 3.79. The molecule has 86 valence electrons. The maximum Gasteiger partial charge on any atom is 0.235 e. The van der Waals surface area contributed by atoms with Crippen molar-refractivity contribution in [3.63, 3.8) is 0 Å². The fraction of sp³-hybridized carbons (Fsp3) is 0.600. The summed E-state index contributed by atoms with van der Waals surface area (Å²) in [6.45, 7) is 3.16. The van der Waals surface area contributed by atoms with E-state index in [1.807, 2.05) is 0 Å². The Balaban J connectivity index is 5.51. The molecule has 0 saturated heterocycles. The first-order valence-electron chi connectivity index (χ1n) is 4.73. The van der Waals surface area contributed by atoms with Crippen molar-refractivity contribution in [1.29, 1.82) is 10.5 Å².